The molecule has 2 aliphatic heterocycles. The molecule has 202 valence electrons. The summed E-state index contributed by atoms with van der Waals surface area (Å²) in [6.07, 6.45) is -10.1. The maximum absolute atomic E-state index is 14.0. The molecular formula is C24H18F6N2O6. The van der Waals surface area contributed by atoms with Crippen molar-refractivity contribution in [1.82, 2.24) is 0 Å². The first-order valence-electron chi connectivity index (χ1n) is 10.7. The van der Waals surface area contributed by atoms with Gasteiger partial charge in [-0.05, 0) is 12.1 Å². The van der Waals surface area contributed by atoms with E-state index in [4.69, 9.17) is 9.47 Å². The van der Waals surface area contributed by atoms with Gasteiger partial charge in [-0.3, -0.25) is 19.2 Å². The lowest BCUT2D eigenvalue weighted by atomic mass is 9.57. The number of alkyl halides is 6. The number of amides is 2. The second kappa shape index (κ2) is 8.20. The molecule has 2 amide bonds. The van der Waals surface area contributed by atoms with E-state index in [1.54, 1.807) is 0 Å². The molecule has 2 aromatic rings. The van der Waals surface area contributed by atoms with Crippen LogP contribution < -0.4 is 9.80 Å². The highest BCUT2D eigenvalue weighted by molar-refractivity contribution is 6.34. The number of methoxy groups -OCH3 is 2. The van der Waals surface area contributed by atoms with Crippen LogP contribution in [0.15, 0.2) is 36.4 Å². The van der Waals surface area contributed by atoms with Gasteiger partial charge >= 0.3 is 24.3 Å². The van der Waals surface area contributed by atoms with E-state index in [-0.39, 0.29) is 0 Å². The van der Waals surface area contributed by atoms with E-state index in [2.05, 4.69) is 0 Å². The van der Waals surface area contributed by atoms with Gasteiger partial charge in [0.2, 0.25) is 10.8 Å². The normalized spacial score (nSPS) is 22.9. The number of hydrogen-bond donors (Lipinski definition) is 0. The molecule has 2 aromatic carbocycles. The number of likely N-dealkylation sites (N-methyl/N-ethyl adjacent to an activating group) is 2. The maximum Gasteiger partial charge on any atom is 0.418 e. The molecule has 2 aliphatic rings. The number of ether oxygens (including phenoxy) is 2. The highest BCUT2D eigenvalue weighted by atomic mass is 19.4. The van der Waals surface area contributed by atoms with Gasteiger partial charge in [0.25, 0.3) is 11.8 Å². The van der Waals surface area contributed by atoms with Crippen LogP contribution in [0.5, 0.6) is 0 Å². The molecule has 14 heteroatoms. The zero-order valence-corrected chi connectivity index (χ0v) is 20.1. The second-order valence-electron chi connectivity index (χ2n) is 8.61. The standard InChI is InChI=1S/C24H18F6N2O6/c1-31-15-11(7-5-9-13(15)23(25,26)27)21(17(31)33,19(35)37-3)22(20(36)38-4)12-8-6-10-14(24(28,29)30)16(12)32(2)18(22)34/h5-10H,1-4H3/t21-,22-/m1/s1. The SMILES string of the molecule is COC(=O)[C@]1([C@@]2(C(=O)OC)C(=O)N(C)c3c(C(F)(F)F)cccc32)C(=O)N(C)c2c(C(F)(F)F)cccc21. The zero-order valence-electron chi connectivity index (χ0n) is 20.1. The quantitative estimate of drug-likeness (QED) is 0.335. The van der Waals surface area contributed by atoms with Gasteiger partial charge in [0.15, 0.2) is 0 Å². The van der Waals surface area contributed by atoms with Gasteiger partial charge in [0, 0.05) is 25.2 Å². The molecule has 0 aliphatic carbocycles. The highest BCUT2D eigenvalue weighted by Crippen LogP contribution is 2.61. The molecule has 0 saturated carbocycles. The Kier molecular flexibility index (Phi) is 5.81. The van der Waals surface area contributed by atoms with Crippen LogP contribution in [0.25, 0.3) is 0 Å². The first-order valence-corrected chi connectivity index (χ1v) is 10.7. The number of para-hydroxylation sites is 2. The molecular weight excluding hydrogens is 526 g/mol. The second-order valence-corrected chi connectivity index (χ2v) is 8.61. The lowest BCUT2D eigenvalue weighted by Gasteiger charge is -2.39. The van der Waals surface area contributed by atoms with Gasteiger partial charge in [-0.2, -0.15) is 26.3 Å². The number of nitrogens with zero attached hydrogens (tertiary/aromatic N) is 2. The molecule has 0 N–H and O–H groups in total. The Morgan fingerprint density at radius 2 is 1.00 bits per heavy atom. The molecule has 4 rings (SSSR count). The van der Waals surface area contributed by atoms with E-state index >= 15 is 0 Å². The molecule has 2 heterocycles. The number of anilines is 2. The van der Waals surface area contributed by atoms with E-state index < -0.39 is 80.6 Å². The van der Waals surface area contributed by atoms with Crippen LogP contribution in [-0.4, -0.2) is 52.1 Å². The first kappa shape index (κ1) is 26.9. The minimum atomic E-state index is -5.07. The lowest BCUT2D eigenvalue weighted by Crippen LogP contribution is -2.67. The summed E-state index contributed by atoms with van der Waals surface area (Å²) in [5.74, 6) is -6.31. The average molecular weight is 544 g/mol. The third-order valence-corrected chi connectivity index (χ3v) is 6.96. The van der Waals surface area contributed by atoms with Crippen molar-refractivity contribution in [3.8, 4) is 0 Å². The summed E-state index contributed by atoms with van der Waals surface area (Å²) in [7, 11) is 3.26. The Hall–Kier alpha value is -4.10. The van der Waals surface area contributed by atoms with Crippen molar-refractivity contribution in [3.05, 3.63) is 58.7 Å². The summed E-state index contributed by atoms with van der Waals surface area (Å²) >= 11 is 0. The van der Waals surface area contributed by atoms with Gasteiger partial charge in [-0.1, -0.05) is 24.3 Å². The Balaban J connectivity index is 2.30. The van der Waals surface area contributed by atoms with Crippen LogP contribution in [0, 0.1) is 0 Å². The molecule has 8 nitrogen and oxygen atoms in total. The number of esters is 2. The number of halogens is 6. The fraction of sp³-hybridized carbons (Fsp3) is 0.333. The molecule has 38 heavy (non-hydrogen) atoms. The predicted molar refractivity (Wildman–Crippen MR) is 117 cm³/mol. The van der Waals surface area contributed by atoms with Crippen LogP contribution in [0.1, 0.15) is 22.3 Å². The first-order chi connectivity index (χ1) is 17.6. The monoisotopic (exact) mass is 544 g/mol. The lowest BCUT2D eigenvalue weighted by molar-refractivity contribution is -0.168. The topological polar surface area (TPSA) is 93.2 Å². The number of carbonyl (C=O) groups excluding carboxylic acids is 4. The Morgan fingerprint density at radius 3 is 1.26 bits per heavy atom. The number of hydrogen-bond acceptors (Lipinski definition) is 6. The van der Waals surface area contributed by atoms with E-state index in [1.165, 1.54) is 0 Å². The summed E-state index contributed by atoms with van der Waals surface area (Å²) in [5, 5.41) is 0. The van der Waals surface area contributed by atoms with Crippen molar-refractivity contribution >= 4 is 35.1 Å². The molecule has 0 aromatic heterocycles. The van der Waals surface area contributed by atoms with Crippen molar-refractivity contribution < 1.29 is 55.0 Å². The Morgan fingerprint density at radius 1 is 0.684 bits per heavy atom. The van der Waals surface area contributed by atoms with Gasteiger partial charge in [0.1, 0.15) is 0 Å². The fourth-order valence-corrected chi connectivity index (χ4v) is 5.54. The summed E-state index contributed by atoms with van der Waals surface area (Å²) < 4.78 is 93.5. The van der Waals surface area contributed by atoms with E-state index in [9.17, 15) is 45.5 Å². The summed E-state index contributed by atoms with van der Waals surface area (Å²) in [5.41, 5.74) is -12.5. The van der Waals surface area contributed by atoms with E-state index in [0.29, 0.717) is 21.9 Å². The van der Waals surface area contributed by atoms with Crippen LogP contribution >= 0.6 is 0 Å². The third-order valence-electron chi connectivity index (χ3n) is 6.96. The van der Waals surface area contributed by atoms with Gasteiger partial charge in [-0.25, -0.2) is 0 Å². The summed E-state index contributed by atoms with van der Waals surface area (Å²) in [6, 6.07) is 4.72. The third kappa shape index (κ3) is 2.99. The van der Waals surface area contributed by atoms with Crippen molar-refractivity contribution in [2.45, 2.75) is 23.2 Å². The molecule has 0 bridgehead atoms. The van der Waals surface area contributed by atoms with E-state index in [0.717, 1.165) is 52.6 Å². The molecule has 0 spiro atoms. The van der Waals surface area contributed by atoms with Crippen LogP contribution in [-0.2, 0) is 51.8 Å². The summed E-state index contributed by atoms with van der Waals surface area (Å²) in [4.78, 5) is 56.1. The number of rotatable bonds is 3. The number of fused-ring (bicyclic) bond motifs is 2. The van der Waals surface area contributed by atoms with E-state index in [1.807, 2.05) is 0 Å². The van der Waals surface area contributed by atoms with Crippen molar-refractivity contribution in [2.75, 3.05) is 38.1 Å². The van der Waals surface area contributed by atoms with Gasteiger partial charge in [-0.15, -0.1) is 0 Å². The van der Waals surface area contributed by atoms with Gasteiger partial charge < -0.3 is 19.3 Å². The largest absolute Gasteiger partial charge is 0.468 e. The molecule has 2 atom stereocenters. The Bertz CT molecular complexity index is 1300. The summed E-state index contributed by atoms with van der Waals surface area (Å²) in [6.45, 7) is 0. The van der Waals surface area contributed by atoms with Crippen molar-refractivity contribution in [3.63, 3.8) is 0 Å². The molecule has 0 saturated heterocycles. The number of carbonyl (C=O) groups is 4. The van der Waals surface area contributed by atoms with Crippen LogP contribution in [0.4, 0.5) is 37.7 Å². The molecule has 0 unspecified atom stereocenters. The maximum atomic E-state index is 14.0. The van der Waals surface area contributed by atoms with Crippen LogP contribution in [0.3, 0.4) is 0 Å². The highest BCUT2D eigenvalue weighted by Gasteiger charge is 2.79. The Labute approximate surface area is 210 Å². The minimum absolute atomic E-state index is 0.429. The average Bonchev–Trinajstić information content (AvgIpc) is 3.23. The smallest absolute Gasteiger partial charge is 0.418 e. The molecule has 0 radical (unpaired) electrons. The van der Waals surface area contributed by atoms with Gasteiger partial charge in [0.05, 0.1) is 36.7 Å². The minimum Gasteiger partial charge on any atom is -0.468 e. The zero-order chi connectivity index (χ0) is 28.6. The fourth-order valence-electron chi connectivity index (χ4n) is 5.54. The molecule has 0 fully saturated rings. The van der Waals surface area contributed by atoms with Crippen molar-refractivity contribution in [1.29, 1.82) is 0 Å². The van der Waals surface area contributed by atoms with Crippen molar-refractivity contribution in [2.24, 2.45) is 0 Å². The number of benzene rings is 2. The van der Waals surface area contributed by atoms with Crippen LogP contribution in [0.2, 0.25) is 0 Å². The predicted octanol–water partition coefficient (Wildman–Crippen LogP) is 3.20.